The predicted octanol–water partition coefficient (Wildman–Crippen LogP) is 1.59. The van der Waals surface area contributed by atoms with Crippen LogP contribution in [0.25, 0.3) is 0 Å². The van der Waals surface area contributed by atoms with Gasteiger partial charge in [-0.15, -0.1) is 24.8 Å². The molecule has 132 valence electrons. The van der Waals surface area contributed by atoms with Gasteiger partial charge in [0.2, 0.25) is 5.91 Å². The first-order valence-corrected chi connectivity index (χ1v) is 7.93. The van der Waals surface area contributed by atoms with E-state index in [1.54, 1.807) is 0 Å². The number of morpholine rings is 1. The van der Waals surface area contributed by atoms with Crippen LogP contribution in [0, 0.1) is 0 Å². The predicted molar refractivity (Wildman–Crippen MR) is 94.2 cm³/mol. The number of carbonyl (C=O) groups excluding carboxylic acids is 1. The van der Waals surface area contributed by atoms with Crippen molar-refractivity contribution in [1.82, 2.24) is 15.5 Å². The molecule has 2 fully saturated rings. The second-order valence-electron chi connectivity index (χ2n) is 6.20. The van der Waals surface area contributed by atoms with E-state index in [0.717, 1.165) is 39.1 Å². The van der Waals surface area contributed by atoms with Crippen molar-refractivity contribution in [1.29, 1.82) is 0 Å². The summed E-state index contributed by atoms with van der Waals surface area (Å²) in [6, 6.07) is 0.321. The van der Waals surface area contributed by atoms with E-state index >= 15 is 0 Å². The van der Waals surface area contributed by atoms with Crippen LogP contribution in [0.4, 0.5) is 0 Å². The SMILES string of the molecule is CNC(C)CNC(=O)CC1(N2CCOCC2)CCCC1.Cl.Cl. The fraction of sp³-hybridized carbons (Fsp3) is 0.933. The number of carbonyl (C=O) groups is 1. The molecule has 0 spiro atoms. The number of rotatable bonds is 6. The van der Waals surface area contributed by atoms with Crippen molar-refractivity contribution in [3.05, 3.63) is 0 Å². The van der Waals surface area contributed by atoms with Crippen LogP contribution in [0.1, 0.15) is 39.0 Å². The Morgan fingerprint density at radius 1 is 1.23 bits per heavy atom. The molecule has 5 nitrogen and oxygen atoms in total. The Morgan fingerprint density at radius 3 is 2.36 bits per heavy atom. The van der Waals surface area contributed by atoms with Crippen LogP contribution in [0.2, 0.25) is 0 Å². The van der Waals surface area contributed by atoms with Crippen LogP contribution in [-0.4, -0.2) is 62.3 Å². The highest BCUT2D eigenvalue weighted by atomic mass is 35.5. The van der Waals surface area contributed by atoms with Crippen molar-refractivity contribution in [3.63, 3.8) is 0 Å². The molecular weight excluding hydrogens is 325 g/mol. The van der Waals surface area contributed by atoms with E-state index in [1.165, 1.54) is 12.8 Å². The maximum absolute atomic E-state index is 12.3. The molecule has 0 aromatic rings. The third-order valence-electron chi connectivity index (χ3n) is 4.80. The topological polar surface area (TPSA) is 53.6 Å². The Bertz CT molecular complexity index is 320. The highest BCUT2D eigenvalue weighted by molar-refractivity contribution is 5.85. The monoisotopic (exact) mass is 355 g/mol. The first-order valence-electron chi connectivity index (χ1n) is 7.93. The molecule has 2 rings (SSSR count). The number of likely N-dealkylation sites (N-methyl/N-ethyl adjacent to an activating group) is 1. The lowest BCUT2D eigenvalue weighted by molar-refractivity contribution is -0.125. The average molecular weight is 356 g/mol. The Hall–Kier alpha value is -0.0700. The number of hydrogen-bond donors (Lipinski definition) is 2. The zero-order valence-corrected chi connectivity index (χ0v) is 15.4. The molecule has 1 amide bonds. The number of halogens is 2. The molecule has 1 saturated heterocycles. The number of hydrogen-bond acceptors (Lipinski definition) is 4. The highest BCUT2D eigenvalue weighted by Crippen LogP contribution is 2.38. The van der Waals surface area contributed by atoms with Gasteiger partial charge in [-0.25, -0.2) is 0 Å². The summed E-state index contributed by atoms with van der Waals surface area (Å²) in [5.74, 6) is 0.195. The minimum Gasteiger partial charge on any atom is -0.379 e. The van der Waals surface area contributed by atoms with E-state index in [9.17, 15) is 4.79 Å². The average Bonchev–Trinajstić information content (AvgIpc) is 2.95. The maximum atomic E-state index is 12.3. The van der Waals surface area contributed by atoms with E-state index in [-0.39, 0.29) is 36.3 Å². The summed E-state index contributed by atoms with van der Waals surface area (Å²) in [7, 11) is 1.92. The molecule has 1 unspecified atom stereocenters. The largest absolute Gasteiger partial charge is 0.379 e. The molecule has 1 heterocycles. The van der Waals surface area contributed by atoms with Crippen LogP contribution >= 0.6 is 24.8 Å². The van der Waals surface area contributed by atoms with Gasteiger partial charge in [-0.05, 0) is 26.8 Å². The second-order valence-corrected chi connectivity index (χ2v) is 6.20. The maximum Gasteiger partial charge on any atom is 0.221 e. The molecule has 1 aliphatic heterocycles. The van der Waals surface area contributed by atoms with Crippen LogP contribution in [-0.2, 0) is 9.53 Å². The van der Waals surface area contributed by atoms with Crippen LogP contribution in [0.15, 0.2) is 0 Å². The van der Waals surface area contributed by atoms with E-state index in [4.69, 9.17) is 4.74 Å². The highest BCUT2D eigenvalue weighted by Gasteiger charge is 2.41. The Morgan fingerprint density at radius 2 is 1.82 bits per heavy atom. The molecule has 0 bridgehead atoms. The van der Waals surface area contributed by atoms with Crippen molar-refractivity contribution in [2.24, 2.45) is 0 Å². The van der Waals surface area contributed by atoms with Gasteiger partial charge in [-0.3, -0.25) is 9.69 Å². The molecule has 0 radical (unpaired) electrons. The van der Waals surface area contributed by atoms with Crippen LogP contribution < -0.4 is 10.6 Å². The van der Waals surface area contributed by atoms with Gasteiger partial charge in [0.1, 0.15) is 0 Å². The number of ether oxygens (including phenoxy) is 1. The lowest BCUT2D eigenvalue weighted by Gasteiger charge is -2.43. The Kier molecular flexibility index (Phi) is 10.6. The Balaban J connectivity index is 0.00000220. The van der Waals surface area contributed by atoms with Gasteiger partial charge < -0.3 is 15.4 Å². The summed E-state index contributed by atoms with van der Waals surface area (Å²) in [6.07, 6.45) is 5.45. The van der Waals surface area contributed by atoms with E-state index in [1.807, 2.05) is 7.05 Å². The normalized spacial score (nSPS) is 22.3. The zero-order valence-electron chi connectivity index (χ0n) is 13.7. The third kappa shape index (κ3) is 5.85. The molecule has 2 N–H and O–H groups in total. The van der Waals surface area contributed by atoms with E-state index in [2.05, 4.69) is 22.5 Å². The van der Waals surface area contributed by atoms with Gasteiger partial charge in [0.15, 0.2) is 0 Å². The lowest BCUT2D eigenvalue weighted by Crippen LogP contribution is -2.54. The smallest absolute Gasteiger partial charge is 0.221 e. The fourth-order valence-electron chi connectivity index (χ4n) is 3.41. The lowest BCUT2D eigenvalue weighted by atomic mass is 9.90. The summed E-state index contributed by atoms with van der Waals surface area (Å²) in [4.78, 5) is 14.8. The molecule has 0 aromatic heterocycles. The zero-order chi connectivity index (χ0) is 14.4. The van der Waals surface area contributed by atoms with Gasteiger partial charge in [-0.1, -0.05) is 12.8 Å². The first kappa shape index (κ1) is 21.9. The van der Waals surface area contributed by atoms with Crippen molar-refractivity contribution in [3.8, 4) is 0 Å². The van der Waals surface area contributed by atoms with Crippen LogP contribution in [0.3, 0.4) is 0 Å². The molecule has 1 aliphatic carbocycles. The van der Waals surface area contributed by atoms with Crippen LogP contribution in [0.5, 0.6) is 0 Å². The molecule has 1 atom stereocenters. The van der Waals surface area contributed by atoms with Gasteiger partial charge in [-0.2, -0.15) is 0 Å². The number of nitrogens with one attached hydrogen (secondary N) is 2. The van der Waals surface area contributed by atoms with Crippen molar-refractivity contribution < 1.29 is 9.53 Å². The number of nitrogens with zero attached hydrogens (tertiary/aromatic N) is 1. The number of amides is 1. The van der Waals surface area contributed by atoms with Crippen molar-refractivity contribution >= 4 is 30.7 Å². The molecule has 2 aliphatic rings. The molecule has 7 heteroatoms. The summed E-state index contributed by atoms with van der Waals surface area (Å²) < 4.78 is 5.45. The van der Waals surface area contributed by atoms with E-state index in [0.29, 0.717) is 19.0 Å². The quantitative estimate of drug-likeness (QED) is 0.759. The Labute approximate surface area is 146 Å². The summed E-state index contributed by atoms with van der Waals surface area (Å²) in [5.41, 5.74) is 0.0940. The van der Waals surface area contributed by atoms with E-state index < -0.39 is 0 Å². The third-order valence-corrected chi connectivity index (χ3v) is 4.80. The van der Waals surface area contributed by atoms with Crippen molar-refractivity contribution in [2.45, 2.75) is 50.6 Å². The van der Waals surface area contributed by atoms with Crippen molar-refractivity contribution in [2.75, 3.05) is 39.9 Å². The summed E-state index contributed by atoms with van der Waals surface area (Å²) in [6.45, 7) is 6.34. The minimum atomic E-state index is 0. The summed E-state index contributed by atoms with van der Waals surface area (Å²) in [5, 5.41) is 6.21. The first-order chi connectivity index (χ1) is 9.66. The molecule has 22 heavy (non-hydrogen) atoms. The standard InChI is InChI=1S/C15H29N3O2.2ClH/c1-13(16-2)12-17-14(19)11-15(5-3-4-6-15)18-7-9-20-10-8-18;;/h13,16H,3-12H2,1-2H3,(H,17,19);2*1H. The van der Waals surface area contributed by atoms with Gasteiger partial charge in [0, 0.05) is 37.6 Å². The van der Waals surface area contributed by atoms with Gasteiger partial charge in [0.25, 0.3) is 0 Å². The summed E-state index contributed by atoms with van der Waals surface area (Å²) >= 11 is 0. The molecular formula is C15H31Cl2N3O2. The molecule has 1 saturated carbocycles. The van der Waals surface area contributed by atoms with Gasteiger partial charge >= 0.3 is 0 Å². The molecule has 0 aromatic carbocycles. The van der Waals surface area contributed by atoms with Gasteiger partial charge in [0.05, 0.1) is 13.2 Å². The minimum absolute atomic E-state index is 0. The second kappa shape index (κ2) is 10.7. The fourth-order valence-corrected chi connectivity index (χ4v) is 3.41.